The van der Waals surface area contributed by atoms with Crippen molar-refractivity contribution in [3.8, 4) is 0 Å². The zero-order chi connectivity index (χ0) is 14.8. The van der Waals surface area contributed by atoms with Crippen LogP contribution in [0.4, 0.5) is 0 Å². The normalized spacial score (nSPS) is 17.9. The summed E-state index contributed by atoms with van der Waals surface area (Å²) in [7, 11) is -3.53. The van der Waals surface area contributed by atoms with Crippen molar-refractivity contribution in [3.05, 3.63) is 28.3 Å². The second kappa shape index (κ2) is 6.43. The molecule has 0 aromatic heterocycles. The molecule has 0 radical (unpaired) electrons. The van der Waals surface area contributed by atoms with Crippen molar-refractivity contribution in [1.82, 2.24) is 4.31 Å². The summed E-state index contributed by atoms with van der Waals surface area (Å²) in [5.74, 6) is 0. The lowest BCUT2D eigenvalue weighted by atomic mass is 10.1. The molecule has 20 heavy (non-hydrogen) atoms. The summed E-state index contributed by atoms with van der Waals surface area (Å²) in [6, 6.07) is 3.09. The van der Waals surface area contributed by atoms with Gasteiger partial charge >= 0.3 is 0 Å². The van der Waals surface area contributed by atoms with Gasteiger partial charge in [0, 0.05) is 18.1 Å². The molecule has 0 bridgehead atoms. The van der Waals surface area contributed by atoms with Gasteiger partial charge in [-0.15, -0.1) is 0 Å². The van der Waals surface area contributed by atoms with Crippen LogP contribution in [0.5, 0.6) is 0 Å². The van der Waals surface area contributed by atoms with Crippen LogP contribution in [0.15, 0.2) is 17.0 Å². The van der Waals surface area contributed by atoms with Gasteiger partial charge in [-0.2, -0.15) is 4.31 Å². The Morgan fingerprint density at radius 2 is 1.80 bits per heavy atom. The number of benzene rings is 1. The maximum Gasteiger partial charge on any atom is 0.243 e. The number of hydrogen-bond donors (Lipinski definition) is 1. The third-order valence-corrected chi connectivity index (χ3v) is 6.03. The van der Waals surface area contributed by atoms with Crippen molar-refractivity contribution in [2.45, 2.75) is 44.1 Å². The van der Waals surface area contributed by atoms with Crippen molar-refractivity contribution < 1.29 is 13.5 Å². The average molecular weight is 318 g/mol. The van der Waals surface area contributed by atoms with Crippen LogP contribution < -0.4 is 0 Å². The third-order valence-electron chi connectivity index (χ3n) is 3.79. The molecule has 1 aliphatic rings. The van der Waals surface area contributed by atoms with Crippen LogP contribution in [-0.4, -0.2) is 30.9 Å². The number of aliphatic hydroxyl groups is 1. The number of rotatable bonds is 3. The van der Waals surface area contributed by atoms with E-state index in [1.165, 1.54) is 6.07 Å². The van der Waals surface area contributed by atoms with Crippen molar-refractivity contribution in [3.63, 3.8) is 0 Å². The van der Waals surface area contributed by atoms with E-state index in [0.29, 0.717) is 29.2 Å². The molecule has 0 unspecified atom stereocenters. The molecule has 2 rings (SSSR count). The van der Waals surface area contributed by atoms with Crippen LogP contribution in [0.2, 0.25) is 5.02 Å². The minimum absolute atomic E-state index is 0.213. The van der Waals surface area contributed by atoms with E-state index in [9.17, 15) is 13.5 Å². The van der Waals surface area contributed by atoms with E-state index >= 15 is 0 Å². The number of sulfonamides is 1. The van der Waals surface area contributed by atoms with Crippen LogP contribution >= 0.6 is 11.6 Å². The van der Waals surface area contributed by atoms with E-state index in [1.807, 2.05) is 0 Å². The van der Waals surface area contributed by atoms with Gasteiger partial charge in [0.15, 0.2) is 0 Å². The molecule has 1 saturated heterocycles. The molecule has 1 N–H and O–H groups in total. The Bertz CT molecular complexity index is 578. The maximum absolute atomic E-state index is 12.8. The van der Waals surface area contributed by atoms with Crippen molar-refractivity contribution >= 4 is 21.6 Å². The molecule has 0 spiro atoms. The fourth-order valence-corrected chi connectivity index (χ4v) is 4.68. The first-order valence-electron chi connectivity index (χ1n) is 6.87. The highest BCUT2D eigenvalue weighted by atomic mass is 35.5. The highest BCUT2D eigenvalue weighted by Crippen LogP contribution is 2.28. The Kier molecular flexibility index (Phi) is 5.07. The molecule has 0 amide bonds. The fourth-order valence-electron chi connectivity index (χ4n) is 2.56. The topological polar surface area (TPSA) is 57.6 Å². The van der Waals surface area contributed by atoms with E-state index < -0.39 is 10.0 Å². The van der Waals surface area contributed by atoms with Crippen LogP contribution in [0.1, 0.15) is 36.8 Å². The molecule has 0 saturated carbocycles. The molecule has 1 heterocycles. The summed E-state index contributed by atoms with van der Waals surface area (Å²) in [6.45, 7) is 2.62. The Morgan fingerprint density at radius 1 is 1.20 bits per heavy atom. The molecule has 0 aliphatic carbocycles. The Labute approximate surface area is 125 Å². The van der Waals surface area contributed by atoms with Gasteiger partial charge in [-0.3, -0.25) is 0 Å². The van der Waals surface area contributed by atoms with Gasteiger partial charge in [0.2, 0.25) is 10.0 Å². The monoisotopic (exact) mass is 317 g/mol. The summed E-state index contributed by atoms with van der Waals surface area (Å²) in [5, 5.41) is 9.66. The van der Waals surface area contributed by atoms with Gasteiger partial charge in [0.05, 0.1) is 11.5 Å². The summed E-state index contributed by atoms with van der Waals surface area (Å²) in [6.07, 6.45) is 3.93. The Hall–Kier alpha value is -0.620. The van der Waals surface area contributed by atoms with Crippen LogP contribution in [0.3, 0.4) is 0 Å². The fraction of sp³-hybridized carbons (Fsp3) is 0.571. The molecule has 112 valence electrons. The average Bonchev–Trinajstić information content (AvgIpc) is 2.70. The zero-order valence-corrected chi connectivity index (χ0v) is 13.2. The predicted octanol–water partition coefficient (Wildman–Crippen LogP) is 2.71. The van der Waals surface area contributed by atoms with Gasteiger partial charge in [0.1, 0.15) is 0 Å². The standard InChI is InChI=1S/C14H20ClNO3S/c1-11-12(10-17)8-13(15)9-14(11)20(18,19)16-6-4-2-3-5-7-16/h8-9,17H,2-7,10H2,1H3. The molecule has 0 atom stereocenters. The van der Waals surface area contributed by atoms with Crippen molar-refractivity contribution in [2.75, 3.05) is 13.1 Å². The smallest absolute Gasteiger partial charge is 0.243 e. The maximum atomic E-state index is 12.8. The van der Waals surface area contributed by atoms with Crippen molar-refractivity contribution in [1.29, 1.82) is 0 Å². The van der Waals surface area contributed by atoms with E-state index in [1.54, 1.807) is 17.3 Å². The number of halogens is 1. The lowest BCUT2D eigenvalue weighted by Gasteiger charge is -2.22. The summed E-state index contributed by atoms with van der Waals surface area (Å²) >= 11 is 5.98. The number of hydrogen-bond acceptors (Lipinski definition) is 3. The zero-order valence-electron chi connectivity index (χ0n) is 11.6. The van der Waals surface area contributed by atoms with E-state index in [4.69, 9.17) is 11.6 Å². The minimum Gasteiger partial charge on any atom is -0.392 e. The highest BCUT2D eigenvalue weighted by Gasteiger charge is 2.27. The lowest BCUT2D eigenvalue weighted by Crippen LogP contribution is -2.32. The van der Waals surface area contributed by atoms with Crippen LogP contribution in [-0.2, 0) is 16.6 Å². The van der Waals surface area contributed by atoms with E-state index in [-0.39, 0.29) is 11.5 Å². The molecule has 1 fully saturated rings. The number of nitrogens with zero attached hydrogens (tertiary/aromatic N) is 1. The first kappa shape index (κ1) is 15.8. The number of aliphatic hydroxyl groups excluding tert-OH is 1. The van der Waals surface area contributed by atoms with Gasteiger partial charge in [-0.1, -0.05) is 24.4 Å². The minimum atomic E-state index is -3.53. The van der Waals surface area contributed by atoms with E-state index in [0.717, 1.165) is 25.7 Å². The predicted molar refractivity (Wildman–Crippen MR) is 79.3 cm³/mol. The largest absolute Gasteiger partial charge is 0.392 e. The molecule has 1 aromatic carbocycles. The highest BCUT2D eigenvalue weighted by molar-refractivity contribution is 7.89. The van der Waals surface area contributed by atoms with E-state index in [2.05, 4.69) is 0 Å². The summed E-state index contributed by atoms with van der Waals surface area (Å²) < 4.78 is 27.1. The molecule has 1 aliphatic heterocycles. The Balaban J connectivity index is 2.45. The molecular formula is C14H20ClNO3S. The molecule has 1 aromatic rings. The quantitative estimate of drug-likeness (QED) is 0.932. The lowest BCUT2D eigenvalue weighted by molar-refractivity contribution is 0.280. The van der Waals surface area contributed by atoms with Crippen LogP contribution in [0.25, 0.3) is 0 Å². The molecular weight excluding hydrogens is 298 g/mol. The summed E-state index contributed by atoms with van der Waals surface area (Å²) in [5.41, 5.74) is 1.15. The first-order valence-corrected chi connectivity index (χ1v) is 8.68. The third kappa shape index (κ3) is 3.17. The molecule has 6 heteroatoms. The Morgan fingerprint density at radius 3 is 2.35 bits per heavy atom. The second-order valence-electron chi connectivity index (χ2n) is 5.16. The van der Waals surface area contributed by atoms with Crippen molar-refractivity contribution in [2.24, 2.45) is 0 Å². The molecule has 4 nitrogen and oxygen atoms in total. The van der Waals surface area contributed by atoms with Gasteiger partial charge in [0.25, 0.3) is 0 Å². The van der Waals surface area contributed by atoms with Gasteiger partial charge < -0.3 is 5.11 Å². The SMILES string of the molecule is Cc1c(CO)cc(Cl)cc1S(=O)(=O)N1CCCCCC1. The first-order chi connectivity index (χ1) is 9.46. The summed E-state index contributed by atoms with van der Waals surface area (Å²) in [4.78, 5) is 0.218. The van der Waals surface area contributed by atoms with Gasteiger partial charge in [-0.05, 0) is 43.0 Å². The second-order valence-corrected chi connectivity index (χ2v) is 7.51. The van der Waals surface area contributed by atoms with Gasteiger partial charge in [-0.25, -0.2) is 8.42 Å². The van der Waals surface area contributed by atoms with Crippen LogP contribution in [0, 0.1) is 6.92 Å².